The van der Waals surface area contributed by atoms with Gasteiger partial charge in [0.2, 0.25) is 0 Å². The Labute approximate surface area is 136 Å². The van der Waals surface area contributed by atoms with Gasteiger partial charge in [-0.1, -0.05) is 0 Å². The molecular formula is C16H19NO5S. The normalized spacial score (nSPS) is 10.9. The maximum absolute atomic E-state index is 12.5. The molecule has 2 rings (SSSR count). The van der Waals surface area contributed by atoms with Crippen LogP contribution in [0.1, 0.15) is 6.92 Å². The zero-order chi connectivity index (χ0) is 16.9. The molecule has 2 aromatic rings. The number of anilines is 1. The summed E-state index contributed by atoms with van der Waals surface area (Å²) >= 11 is 0. The minimum absolute atomic E-state index is 0.0367. The van der Waals surface area contributed by atoms with Crippen LogP contribution >= 0.6 is 0 Å². The predicted octanol–water partition coefficient (Wildman–Crippen LogP) is 2.90. The predicted molar refractivity (Wildman–Crippen MR) is 88.0 cm³/mol. The van der Waals surface area contributed by atoms with Crippen LogP contribution in [0.15, 0.2) is 47.4 Å². The van der Waals surface area contributed by atoms with Crippen molar-refractivity contribution >= 4 is 15.7 Å². The van der Waals surface area contributed by atoms with Crippen LogP contribution in [0, 0.1) is 0 Å². The van der Waals surface area contributed by atoms with Crippen LogP contribution in [0.5, 0.6) is 17.2 Å². The number of nitrogens with one attached hydrogen (secondary N) is 1. The number of benzene rings is 2. The van der Waals surface area contributed by atoms with E-state index < -0.39 is 10.0 Å². The average Bonchev–Trinajstić information content (AvgIpc) is 2.56. The molecule has 0 bridgehead atoms. The van der Waals surface area contributed by atoms with Gasteiger partial charge in [-0.15, -0.1) is 0 Å². The lowest BCUT2D eigenvalue weighted by atomic mass is 10.3. The van der Waals surface area contributed by atoms with Gasteiger partial charge in [0.1, 0.15) is 22.1 Å². The molecule has 0 amide bonds. The van der Waals surface area contributed by atoms with E-state index in [1.54, 1.807) is 30.3 Å². The van der Waals surface area contributed by atoms with E-state index in [1.165, 1.54) is 26.4 Å². The Morgan fingerprint density at radius 3 is 2.17 bits per heavy atom. The number of ether oxygens (including phenoxy) is 3. The van der Waals surface area contributed by atoms with Gasteiger partial charge in [0.05, 0.1) is 20.8 Å². The zero-order valence-corrected chi connectivity index (χ0v) is 14.0. The first-order chi connectivity index (χ1) is 11.0. The molecule has 0 unspecified atom stereocenters. The molecule has 124 valence electrons. The molecule has 0 heterocycles. The van der Waals surface area contributed by atoms with Crippen LogP contribution in [0.25, 0.3) is 0 Å². The highest BCUT2D eigenvalue weighted by Crippen LogP contribution is 2.30. The van der Waals surface area contributed by atoms with E-state index >= 15 is 0 Å². The van der Waals surface area contributed by atoms with Gasteiger partial charge in [0, 0.05) is 11.8 Å². The third-order valence-corrected chi connectivity index (χ3v) is 4.50. The van der Waals surface area contributed by atoms with E-state index in [0.29, 0.717) is 23.8 Å². The molecule has 0 aliphatic heterocycles. The summed E-state index contributed by atoms with van der Waals surface area (Å²) in [6.07, 6.45) is 0. The third kappa shape index (κ3) is 4.07. The number of hydrogen-bond acceptors (Lipinski definition) is 5. The fourth-order valence-electron chi connectivity index (χ4n) is 1.99. The lowest BCUT2D eigenvalue weighted by Crippen LogP contribution is -2.14. The van der Waals surface area contributed by atoms with Crippen molar-refractivity contribution in [2.24, 2.45) is 0 Å². The number of rotatable bonds is 7. The fraction of sp³-hybridized carbons (Fsp3) is 0.250. The highest BCUT2D eigenvalue weighted by molar-refractivity contribution is 7.92. The van der Waals surface area contributed by atoms with Gasteiger partial charge in [-0.3, -0.25) is 4.72 Å². The van der Waals surface area contributed by atoms with E-state index in [4.69, 9.17) is 14.2 Å². The summed E-state index contributed by atoms with van der Waals surface area (Å²) in [5, 5.41) is 0. The first kappa shape index (κ1) is 17.0. The fourth-order valence-corrected chi connectivity index (χ4v) is 3.20. The SMILES string of the molecule is CCOc1ccc(NS(=O)(=O)c2ccc(OC)cc2OC)cc1. The Bertz CT molecular complexity index is 757. The second-order valence-corrected chi connectivity index (χ2v) is 6.23. The molecule has 0 fully saturated rings. The largest absolute Gasteiger partial charge is 0.497 e. The topological polar surface area (TPSA) is 73.9 Å². The highest BCUT2D eigenvalue weighted by Gasteiger charge is 2.20. The summed E-state index contributed by atoms with van der Waals surface area (Å²) in [7, 11) is -0.869. The van der Waals surface area contributed by atoms with E-state index in [1.807, 2.05) is 6.92 Å². The monoisotopic (exact) mass is 337 g/mol. The van der Waals surface area contributed by atoms with Crippen LogP contribution in [-0.2, 0) is 10.0 Å². The zero-order valence-electron chi connectivity index (χ0n) is 13.2. The Morgan fingerprint density at radius 1 is 0.957 bits per heavy atom. The summed E-state index contributed by atoms with van der Waals surface area (Å²) in [5.74, 6) is 1.40. The third-order valence-electron chi connectivity index (χ3n) is 3.08. The van der Waals surface area contributed by atoms with Crippen molar-refractivity contribution in [2.75, 3.05) is 25.5 Å². The van der Waals surface area contributed by atoms with Crippen molar-refractivity contribution in [1.29, 1.82) is 0 Å². The molecule has 0 spiro atoms. The molecule has 23 heavy (non-hydrogen) atoms. The van der Waals surface area contributed by atoms with Gasteiger partial charge in [0.15, 0.2) is 0 Å². The molecule has 0 aliphatic carbocycles. The van der Waals surface area contributed by atoms with Crippen LogP contribution in [0.2, 0.25) is 0 Å². The van der Waals surface area contributed by atoms with Gasteiger partial charge in [0.25, 0.3) is 10.0 Å². The van der Waals surface area contributed by atoms with Gasteiger partial charge < -0.3 is 14.2 Å². The minimum Gasteiger partial charge on any atom is -0.497 e. The molecule has 1 N–H and O–H groups in total. The molecule has 2 aromatic carbocycles. The minimum atomic E-state index is -3.78. The maximum atomic E-state index is 12.5. The summed E-state index contributed by atoms with van der Waals surface area (Å²) < 4.78 is 43.1. The summed E-state index contributed by atoms with van der Waals surface area (Å²) in [5.41, 5.74) is 0.436. The Balaban J connectivity index is 2.28. The van der Waals surface area contributed by atoms with Crippen LogP contribution in [-0.4, -0.2) is 29.2 Å². The van der Waals surface area contributed by atoms with Crippen molar-refractivity contribution in [3.63, 3.8) is 0 Å². The van der Waals surface area contributed by atoms with E-state index in [-0.39, 0.29) is 10.6 Å². The van der Waals surface area contributed by atoms with E-state index in [0.717, 1.165) is 0 Å². The van der Waals surface area contributed by atoms with Gasteiger partial charge >= 0.3 is 0 Å². The quantitative estimate of drug-likeness (QED) is 0.841. The lowest BCUT2D eigenvalue weighted by Gasteiger charge is -2.13. The second kappa shape index (κ2) is 7.23. The smallest absolute Gasteiger partial charge is 0.265 e. The molecule has 0 saturated carbocycles. The molecule has 0 saturated heterocycles. The van der Waals surface area contributed by atoms with Crippen LogP contribution in [0.3, 0.4) is 0 Å². The maximum Gasteiger partial charge on any atom is 0.265 e. The van der Waals surface area contributed by atoms with Crippen LogP contribution < -0.4 is 18.9 Å². The summed E-state index contributed by atoms with van der Waals surface area (Å²) in [6, 6.07) is 11.2. The Morgan fingerprint density at radius 2 is 1.61 bits per heavy atom. The molecule has 6 nitrogen and oxygen atoms in total. The summed E-state index contributed by atoms with van der Waals surface area (Å²) in [4.78, 5) is 0.0367. The van der Waals surface area contributed by atoms with Gasteiger partial charge in [-0.05, 0) is 43.3 Å². The van der Waals surface area contributed by atoms with Gasteiger partial charge in [-0.2, -0.15) is 0 Å². The summed E-state index contributed by atoms with van der Waals surface area (Å²) in [6.45, 7) is 2.43. The number of hydrogen-bond donors (Lipinski definition) is 1. The number of methoxy groups -OCH3 is 2. The second-order valence-electron chi connectivity index (χ2n) is 4.58. The Hall–Kier alpha value is -2.41. The molecule has 0 radical (unpaired) electrons. The first-order valence-corrected chi connectivity index (χ1v) is 8.46. The number of sulfonamides is 1. The van der Waals surface area contributed by atoms with Crippen molar-refractivity contribution < 1.29 is 22.6 Å². The molecule has 0 aromatic heterocycles. The van der Waals surface area contributed by atoms with E-state index in [9.17, 15) is 8.42 Å². The van der Waals surface area contributed by atoms with E-state index in [2.05, 4.69) is 4.72 Å². The van der Waals surface area contributed by atoms with Crippen molar-refractivity contribution in [3.8, 4) is 17.2 Å². The average molecular weight is 337 g/mol. The highest BCUT2D eigenvalue weighted by atomic mass is 32.2. The van der Waals surface area contributed by atoms with Crippen molar-refractivity contribution in [1.82, 2.24) is 0 Å². The van der Waals surface area contributed by atoms with Gasteiger partial charge in [-0.25, -0.2) is 8.42 Å². The standard InChI is InChI=1S/C16H19NO5S/c1-4-22-13-7-5-12(6-8-13)17-23(18,19)16-10-9-14(20-2)11-15(16)21-3/h5-11,17H,4H2,1-3H3. The van der Waals surface area contributed by atoms with Crippen molar-refractivity contribution in [3.05, 3.63) is 42.5 Å². The van der Waals surface area contributed by atoms with Crippen LogP contribution in [0.4, 0.5) is 5.69 Å². The molecule has 0 aliphatic rings. The Kier molecular flexibility index (Phi) is 5.33. The molecule has 0 atom stereocenters. The van der Waals surface area contributed by atoms with Crippen molar-refractivity contribution in [2.45, 2.75) is 11.8 Å². The first-order valence-electron chi connectivity index (χ1n) is 6.98. The molecule has 7 heteroatoms. The molecular weight excluding hydrogens is 318 g/mol. The lowest BCUT2D eigenvalue weighted by molar-refractivity contribution is 0.340.